The minimum Gasteiger partial charge on any atom is -0.445 e. The van der Waals surface area contributed by atoms with Gasteiger partial charge in [0.25, 0.3) is 17.1 Å². The first kappa shape index (κ1) is 43.2. The molecule has 2 heterocycles. The monoisotopic (exact) mass is 838 g/mol. The minimum atomic E-state index is -1.29. The zero-order valence-corrected chi connectivity index (χ0v) is 31.9. The van der Waals surface area contributed by atoms with Crippen molar-refractivity contribution < 1.29 is 53.3 Å². The third-order valence-corrected chi connectivity index (χ3v) is 9.57. The molecule has 0 unspecified atom stereocenters. The van der Waals surface area contributed by atoms with E-state index in [2.05, 4.69) is 28.3 Å². The Balaban J connectivity index is 1.17. The molecule has 2 aliphatic heterocycles. The van der Waals surface area contributed by atoms with Crippen LogP contribution in [0.5, 0.6) is 0 Å². The molecule has 3 aromatic carbocycles. The SMILES string of the molecule is O=C(NC(=N[C@H]1CCN(C(=O)C[C@@H](O)[C@@H]2C[C@H](S)CN2C(=O)OCc2ccc([N+](=O)[O-])cc2)C1)NC(=O)OCc1ccc([N+](=O)[O-])cc1)OCc1ccc([N+](=O)[O-])cc1. The normalized spacial score (nSPS) is 17.6. The van der Waals surface area contributed by atoms with Gasteiger partial charge in [0.1, 0.15) is 19.8 Å². The molecule has 0 aliphatic carbocycles. The number of carbonyl (C=O) groups excluding carboxylic acids is 4. The number of hydrogen-bond donors (Lipinski definition) is 4. The fourth-order valence-corrected chi connectivity index (χ4v) is 6.54. The van der Waals surface area contributed by atoms with Gasteiger partial charge in [-0.25, -0.2) is 19.4 Å². The fraction of sp³-hybridized carbons (Fsp3) is 0.361. The molecule has 0 saturated carbocycles. The van der Waals surface area contributed by atoms with E-state index in [-0.39, 0.29) is 87.0 Å². The van der Waals surface area contributed by atoms with Crippen LogP contribution < -0.4 is 10.6 Å². The average Bonchev–Trinajstić information content (AvgIpc) is 3.85. The molecule has 0 spiro atoms. The number of amides is 4. The zero-order chi connectivity index (χ0) is 42.6. The molecule has 59 heavy (non-hydrogen) atoms. The van der Waals surface area contributed by atoms with Gasteiger partial charge in [0.05, 0.1) is 39.4 Å². The average molecular weight is 839 g/mol. The number of alkyl carbamates (subject to hydrolysis) is 2. The number of carbonyl (C=O) groups is 4. The molecule has 23 heteroatoms. The van der Waals surface area contributed by atoms with Crippen molar-refractivity contribution >= 4 is 59.8 Å². The van der Waals surface area contributed by atoms with Crippen molar-refractivity contribution in [1.82, 2.24) is 20.4 Å². The number of rotatable bonds is 13. The standard InChI is InChI=1S/C36H38N8O14S/c45-31(30-15-29(59)18-41(30)36(49)58-21-24-5-11-28(12-6-24)44(54)55)16-32(46)40-14-13-25(17-40)37-33(38-34(47)56-19-22-1-7-26(8-2-22)42(50)51)39-35(48)57-20-23-3-9-27(10-4-23)43(52)53/h1-12,25,29-31,45,59H,13-21H2,(H2,37,38,39,47,48)/t25-,29-,30-,31+/m0/s1. The Morgan fingerprint density at radius 3 is 1.63 bits per heavy atom. The number of aliphatic imine (C=N–C) groups is 1. The number of nitro benzene ring substituents is 3. The molecular formula is C36H38N8O14S. The van der Waals surface area contributed by atoms with E-state index in [9.17, 15) is 54.6 Å². The van der Waals surface area contributed by atoms with Crippen LogP contribution >= 0.6 is 12.6 Å². The van der Waals surface area contributed by atoms with Crippen LogP contribution in [-0.4, -0.2) is 103 Å². The van der Waals surface area contributed by atoms with Crippen molar-refractivity contribution in [3.05, 3.63) is 120 Å². The lowest BCUT2D eigenvalue weighted by Gasteiger charge is -2.28. The van der Waals surface area contributed by atoms with E-state index in [0.717, 1.165) is 0 Å². The van der Waals surface area contributed by atoms with Crippen LogP contribution in [0.4, 0.5) is 31.4 Å². The van der Waals surface area contributed by atoms with E-state index >= 15 is 0 Å². The van der Waals surface area contributed by atoms with Crippen molar-refractivity contribution in [3.63, 3.8) is 0 Å². The first-order valence-corrected chi connectivity index (χ1v) is 18.4. The Bertz CT molecular complexity index is 1990. The number of nitrogens with one attached hydrogen (secondary N) is 2. The van der Waals surface area contributed by atoms with Crippen molar-refractivity contribution in [2.24, 2.45) is 4.99 Å². The Kier molecular flexibility index (Phi) is 14.7. The maximum atomic E-state index is 13.4. The molecule has 3 N–H and O–H groups in total. The van der Waals surface area contributed by atoms with E-state index in [1.165, 1.54) is 82.6 Å². The topological polar surface area (TPSA) is 289 Å². The zero-order valence-electron chi connectivity index (χ0n) is 31.0. The highest BCUT2D eigenvalue weighted by molar-refractivity contribution is 7.81. The Hall–Kier alpha value is -6.88. The highest BCUT2D eigenvalue weighted by Gasteiger charge is 2.40. The van der Waals surface area contributed by atoms with Gasteiger partial charge in [0.15, 0.2) is 0 Å². The number of aliphatic hydroxyl groups is 1. The van der Waals surface area contributed by atoms with Gasteiger partial charge >= 0.3 is 18.3 Å². The molecule has 312 valence electrons. The molecule has 2 saturated heterocycles. The highest BCUT2D eigenvalue weighted by atomic mass is 32.1. The second-order valence-corrected chi connectivity index (χ2v) is 14.1. The highest BCUT2D eigenvalue weighted by Crippen LogP contribution is 2.28. The summed E-state index contributed by atoms with van der Waals surface area (Å²) in [6, 6.07) is 14.5. The molecule has 5 rings (SSSR count). The third kappa shape index (κ3) is 12.6. The van der Waals surface area contributed by atoms with Gasteiger partial charge in [-0.3, -0.25) is 45.8 Å². The summed E-state index contributed by atoms with van der Waals surface area (Å²) in [5.74, 6) is -0.843. The van der Waals surface area contributed by atoms with Gasteiger partial charge < -0.3 is 29.1 Å². The lowest BCUT2D eigenvalue weighted by Crippen LogP contribution is -2.45. The molecule has 22 nitrogen and oxygen atoms in total. The maximum absolute atomic E-state index is 13.4. The summed E-state index contributed by atoms with van der Waals surface area (Å²) in [6.45, 7) is -0.395. The molecule has 4 amide bonds. The number of benzene rings is 3. The molecule has 0 radical (unpaired) electrons. The predicted molar refractivity (Wildman–Crippen MR) is 207 cm³/mol. The van der Waals surface area contributed by atoms with E-state index < -0.39 is 57.1 Å². The van der Waals surface area contributed by atoms with E-state index in [1.54, 1.807) is 0 Å². The number of non-ortho nitro benzene ring substituents is 3. The van der Waals surface area contributed by atoms with Crippen LogP contribution in [0.2, 0.25) is 0 Å². The smallest absolute Gasteiger partial charge is 0.414 e. The number of ether oxygens (including phenoxy) is 3. The van der Waals surface area contributed by atoms with E-state index in [0.29, 0.717) is 16.7 Å². The minimum absolute atomic E-state index is 0.0228. The van der Waals surface area contributed by atoms with Crippen LogP contribution in [0, 0.1) is 30.3 Å². The number of nitro groups is 3. The van der Waals surface area contributed by atoms with Crippen LogP contribution in [0.3, 0.4) is 0 Å². The van der Waals surface area contributed by atoms with E-state index in [4.69, 9.17) is 14.2 Å². The first-order valence-electron chi connectivity index (χ1n) is 17.9. The lowest BCUT2D eigenvalue weighted by atomic mass is 10.0. The number of thiol groups is 1. The van der Waals surface area contributed by atoms with E-state index in [1.807, 2.05) is 0 Å². The van der Waals surface area contributed by atoms with Crippen LogP contribution in [0.25, 0.3) is 0 Å². The molecule has 4 atom stereocenters. The van der Waals surface area contributed by atoms with Gasteiger partial charge in [-0.15, -0.1) is 0 Å². The maximum Gasteiger partial charge on any atom is 0.414 e. The predicted octanol–water partition coefficient (Wildman–Crippen LogP) is 3.98. The molecule has 2 aliphatic rings. The summed E-state index contributed by atoms with van der Waals surface area (Å²) >= 11 is 4.46. The Morgan fingerprint density at radius 1 is 0.746 bits per heavy atom. The Morgan fingerprint density at radius 2 is 1.19 bits per heavy atom. The molecular weight excluding hydrogens is 801 g/mol. The van der Waals surface area contributed by atoms with Crippen molar-refractivity contribution in [2.75, 3.05) is 19.6 Å². The summed E-state index contributed by atoms with van der Waals surface area (Å²) in [5.41, 5.74) is 0.928. The molecule has 0 aromatic heterocycles. The summed E-state index contributed by atoms with van der Waals surface area (Å²) < 4.78 is 15.8. The molecule has 0 bridgehead atoms. The van der Waals surface area contributed by atoms with Crippen LogP contribution in [0.1, 0.15) is 36.0 Å². The van der Waals surface area contributed by atoms with Crippen molar-refractivity contribution in [3.8, 4) is 0 Å². The summed E-state index contributed by atoms with van der Waals surface area (Å²) in [5, 5.41) is 48.3. The largest absolute Gasteiger partial charge is 0.445 e. The van der Waals surface area contributed by atoms with Gasteiger partial charge in [0, 0.05) is 61.3 Å². The van der Waals surface area contributed by atoms with Gasteiger partial charge in [0.2, 0.25) is 11.9 Å². The van der Waals surface area contributed by atoms with Crippen LogP contribution in [0.15, 0.2) is 77.8 Å². The number of aliphatic hydroxyl groups excluding tert-OH is 1. The number of hydrogen-bond acceptors (Lipinski definition) is 16. The number of nitrogens with zero attached hydrogens (tertiary/aromatic N) is 6. The van der Waals surface area contributed by atoms with Crippen molar-refractivity contribution in [1.29, 1.82) is 0 Å². The summed E-state index contributed by atoms with van der Waals surface area (Å²) in [6.07, 6.45) is -3.95. The van der Waals surface area contributed by atoms with Crippen LogP contribution in [-0.2, 0) is 38.8 Å². The van der Waals surface area contributed by atoms with Gasteiger partial charge in [-0.2, -0.15) is 12.6 Å². The second-order valence-electron chi connectivity index (χ2n) is 13.4. The number of guanidine groups is 1. The third-order valence-electron chi connectivity index (χ3n) is 9.20. The van der Waals surface area contributed by atoms with Gasteiger partial charge in [-0.1, -0.05) is 0 Å². The molecule has 3 aromatic rings. The lowest BCUT2D eigenvalue weighted by molar-refractivity contribution is -0.385. The fourth-order valence-electron chi connectivity index (χ4n) is 6.15. The quantitative estimate of drug-likeness (QED) is 0.0473. The molecule has 2 fully saturated rings. The second kappa shape index (κ2) is 20.0. The summed E-state index contributed by atoms with van der Waals surface area (Å²) in [7, 11) is 0. The Labute approximate surface area is 340 Å². The summed E-state index contributed by atoms with van der Waals surface area (Å²) in [4.78, 5) is 90.1. The number of likely N-dealkylation sites (tertiary alicyclic amines) is 2. The van der Waals surface area contributed by atoms with Gasteiger partial charge in [-0.05, 0) is 65.9 Å². The van der Waals surface area contributed by atoms with Crippen molar-refractivity contribution in [2.45, 2.75) is 62.5 Å². The first-order chi connectivity index (χ1) is 28.1.